The van der Waals surface area contributed by atoms with E-state index in [2.05, 4.69) is 4.98 Å². The molecule has 4 rings (SSSR count). The van der Waals surface area contributed by atoms with Crippen LogP contribution in [0.2, 0.25) is 0 Å². The summed E-state index contributed by atoms with van der Waals surface area (Å²) in [4.78, 5) is 21.4. The van der Waals surface area contributed by atoms with E-state index < -0.39 is 0 Å². The van der Waals surface area contributed by atoms with E-state index in [9.17, 15) is 4.79 Å². The number of methoxy groups -OCH3 is 1. The van der Waals surface area contributed by atoms with Gasteiger partial charge in [-0.1, -0.05) is 18.2 Å². The maximum atomic E-state index is 13.3. The molecule has 0 aliphatic heterocycles. The Labute approximate surface area is 150 Å². The minimum Gasteiger partial charge on any atom is -0.497 e. The summed E-state index contributed by atoms with van der Waals surface area (Å²) in [6.07, 6.45) is 0. The molecule has 0 amide bonds. The molecule has 2 aromatic carbocycles. The van der Waals surface area contributed by atoms with E-state index in [1.807, 2.05) is 62.4 Å². The summed E-state index contributed by atoms with van der Waals surface area (Å²) < 4.78 is 6.99. The summed E-state index contributed by atoms with van der Waals surface area (Å²) in [6, 6.07) is 16.9. The molecule has 4 aromatic rings. The third kappa shape index (κ3) is 2.58. The van der Waals surface area contributed by atoms with Gasteiger partial charge in [-0.05, 0) is 44.2 Å². The van der Waals surface area contributed by atoms with Gasteiger partial charge in [0.25, 0.3) is 5.56 Å². The van der Waals surface area contributed by atoms with Crippen molar-refractivity contribution >= 4 is 10.9 Å². The SMILES string of the molecule is COc1cccc(-n2c(-c3cc(C)[nH]c3C)nc3ccccc3c2=O)c1. The largest absolute Gasteiger partial charge is 0.497 e. The minimum atomic E-state index is -0.0999. The first-order valence-electron chi connectivity index (χ1n) is 8.41. The van der Waals surface area contributed by atoms with Crippen LogP contribution >= 0.6 is 0 Å². The number of para-hydroxylation sites is 1. The van der Waals surface area contributed by atoms with Crippen molar-refractivity contribution in [1.29, 1.82) is 0 Å². The number of benzene rings is 2. The van der Waals surface area contributed by atoms with Gasteiger partial charge in [0.05, 0.1) is 23.7 Å². The van der Waals surface area contributed by atoms with Gasteiger partial charge in [0.15, 0.2) is 0 Å². The van der Waals surface area contributed by atoms with Crippen molar-refractivity contribution in [3.63, 3.8) is 0 Å². The van der Waals surface area contributed by atoms with Crippen LogP contribution < -0.4 is 10.3 Å². The molecule has 0 atom stereocenters. The normalized spacial score (nSPS) is 11.0. The Bertz CT molecular complexity index is 1170. The Morgan fingerprint density at radius 2 is 1.85 bits per heavy atom. The molecule has 2 aromatic heterocycles. The van der Waals surface area contributed by atoms with E-state index in [4.69, 9.17) is 9.72 Å². The number of hydrogen-bond acceptors (Lipinski definition) is 3. The van der Waals surface area contributed by atoms with Gasteiger partial charge >= 0.3 is 0 Å². The van der Waals surface area contributed by atoms with Gasteiger partial charge in [0, 0.05) is 23.0 Å². The first-order chi connectivity index (χ1) is 12.6. The Morgan fingerprint density at radius 1 is 1.04 bits per heavy atom. The van der Waals surface area contributed by atoms with Crippen LogP contribution in [0.3, 0.4) is 0 Å². The summed E-state index contributed by atoms with van der Waals surface area (Å²) in [6.45, 7) is 3.98. The highest BCUT2D eigenvalue weighted by molar-refractivity contribution is 5.81. The predicted octanol–water partition coefficient (Wildman–Crippen LogP) is 4.01. The lowest BCUT2D eigenvalue weighted by atomic mass is 10.1. The first-order valence-corrected chi connectivity index (χ1v) is 8.41. The standard InChI is InChI=1S/C21H19N3O2/c1-13-11-18(14(2)22-13)20-23-19-10-5-4-9-17(19)21(25)24(20)15-7-6-8-16(12-15)26-3/h4-12,22H,1-3H3. The number of aromatic amines is 1. The van der Waals surface area contributed by atoms with Crippen LogP contribution in [0.25, 0.3) is 28.0 Å². The average molecular weight is 345 g/mol. The van der Waals surface area contributed by atoms with E-state index in [0.29, 0.717) is 22.5 Å². The van der Waals surface area contributed by atoms with Crippen LogP contribution in [0, 0.1) is 13.8 Å². The molecule has 0 saturated heterocycles. The van der Waals surface area contributed by atoms with E-state index in [0.717, 1.165) is 22.6 Å². The predicted molar refractivity (Wildman–Crippen MR) is 103 cm³/mol. The Kier molecular flexibility index (Phi) is 3.84. The second-order valence-corrected chi connectivity index (χ2v) is 6.29. The van der Waals surface area contributed by atoms with Crippen LogP contribution in [0.5, 0.6) is 5.75 Å². The molecule has 1 N–H and O–H groups in total. The lowest BCUT2D eigenvalue weighted by Crippen LogP contribution is -2.22. The van der Waals surface area contributed by atoms with E-state index in [-0.39, 0.29) is 5.56 Å². The van der Waals surface area contributed by atoms with Crippen LogP contribution in [-0.2, 0) is 0 Å². The maximum absolute atomic E-state index is 13.3. The van der Waals surface area contributed by atoms with Gasteiger partial charge in [-0.15, -0.1) is 0 Å². The fraction of sp³-hybridized carbons (Fsp3) is 0.143. The topological polar surface area (TPSA) is 59.9 Å². The molecule has 5 nitrogen and oxygen atoms in total. The summed E-state index contributed by atoms with van der Waals surface area (Å²) >= 11 is 0. The second kappa shape index (κ2) is 6.19. The highest BCUT2D eigenvalue weighted by atomic mass is 16.5. The van der Waals surface area contributed by atoms with Crippen LogP contribution in [0.1, 0.15) is 11.4 Å². The molecule has 5 heteroatoms. The first kappa shape index (κ1) is 16.1. The number of nitrogens with one attached hydrogen (secondary N) is 1. The van der Waals surface area contributed by atoms with Crippen molar-refractivity contribution in [1.82, 2.24) is 14.5 Å². The van der Waals surface area contributed by atoms with Gasteiger partial charge in [0.1, 0.15) is 11.6 Å². The highest BCUT2D eigenvalue weighted by Crippen LogP contribution is 2.27. The summed E-state index contributed by atoms with van der Waals surface area (Å²) in [5.74, 6) is 1.30. The Balaban J connectivity index is 2.12. The van der Waals surface area contributed by atoms with Gasteiger partial charge in [-0.2, -0.15) is 0 Å². The number of aryl methyl sites for hydroxylation is 2. The number of rotatable bonds is 3. The zero-order chi connectivity index (χ0) is 18.3. The van der Waals surface area contributed by atoms with Gasteiger partial charge in [-0.3, -0.25) is 9.36 Å². The summed E-state index contributed by atoms with van der Waals surface area (Å²) in [7, 11) is 1.61. The zero-order valence-corrected chi connectivity index (χ0v) is 14.9. The number of ether oxygens (including phenoxy) is 1. The van der Waals surface area contributed by atoms with Crippen molar-refractivity contribution in [3.05, 3.63) is 76.3 Å². The lowest BCUT2D eigenvalue weighted by Gasteiger charge is -2.14. The van der Waals surface area contributed by atoms with Crippen LogP contribution in [-0.4, -0.2) is 21.6 Å². The lowest BCUT2D eigenvalue weighted by molar-refractivity contribution is 0.414. The monoisotopic (exact) mass is 345 g/mol. The van der Waals surface area contributed by atoms with Crippen molar-refractivity contribution in [2.24, 2.45) is 0 Å². The molecule has 0 aliphatic rings. The third-order valence-corrected chi connectivity index (χ3v) is 4.48. The van der Waals surface area contributed by atoms with E-state index >= 15 is 0 Å². The number of aromatic nitrogens is 3. The summed E-state index contributed by atoms with van der Waals surface area (Å²) in [5, 5.41) is 0.587. The fourth-order valence-electron chi connectivity index (χ4n) is 3.26. The van der Waals surface area contributed by atoms with Gasteiger partial charge < -0.3 is 9.72 Å². The van der Waals surface area contributed by atoms with E-state index in [1.165, 1.54) is 0 Å². The Morgan fingerprint density at radius 3 is 2.58 bits per heavy atom. The maximum Gasteiger partial charge on any atom is 0.266 e. The van der Waals surface area contributed by atoms with Crippen LogP contribution in [0.15, 0.2) is 59.4 Å². The Hall–Kier alpha value is -3.34. The molecular weight excluding hydrogens is 326 g/mol. The molecule has 0 aliphatic carbocycles. The minimum absolute atomic E-state index is 0.0999. The molecule has 2 heterocycles. The van der Waals surface area contributed by atoms with Crippen molar-refractivity contribution in [2.45, 2.75) is 13.8 Å². The summed E-state index contributed by atoms with van der Waals surface area (Å²) in [5.41, 5.74) is 4.22. The number of H-pyrrole nitrogens is 1. The molecule has 0 saturated carbocycles. The zero-order valence-electron chi connectivity index (χ0n) is 14.9. The molecule has 0 bridgehead atoms. The highest BCUT2D eigenvalue weighted by Gasteiger charge is 2.17. The van der Waals surface area contributed by atoms with Crippen molar-refractivity contribution in [3.8, 4) is 22.8 Å². The molecule has 0 spiro atoms. The van der Waals surface area contributed by atoms with Gasteiger partial charge in [-0.25, -0.2) is 4.98 Å². The van der Waals surface area contributed by atoms with Crippen molar-refractivity contribution in [2.75, 3.05) is 7.11 Å². The molecular formula is C21H19N3O2. The molecule has 130 valence electrons. The smallest absolute Gasteiger partial charge is 0.266 e. The molecule has 26 heavy (non-hydrogen) atoms. The quantitative estimate of drug-likeness (QED) is 0.610. The van der Waals surface area contributed by atoms with Crippen molar-refractivity contribution < 1.29 is 4.74 Å². The average Bonchev–Trinajstić information content (AvgIpc) is 2.99. The molecule has 0 radical (unpaired) electrons. The molecule has 0 unspecified atom stereocenters. The van der Waals surface area contributed by atoms with E-state index in [1.54, 1.807) is 17.7 Å². The van der Waals surface area contributed by atoms with Crippen LogP contribution in [0.4, 0.5) is 0 Å². The van der Waals surface area contributed by atoms with Gasteiger partial charge in [0.2, 0.25) is 0 Å². The number of hydrogen-bond donors (Lipinski definition) is 1. The number of nitrogens with zero attached hydrogens (tertiary/aromatic N) is 2. The second-order valence-electron chi connectivity index (χ2n) is 6.29. The molecule has 0 fully saturated rings. The third-order valence-electron chi connectivity index (χ3n) is 4.48. The number of fused-ring (bicyclic) bond motifs is 1. The fourth-order valence-corrected chi connectivity index (χ4v) is 3.26.